The van der Waals surface area contributed by atoms with Gasteiger partial charge in [0.05, 0.1) is 11.6 Å². The standard InChI is InChI=1S/C25H20N6O2/c1-17(18-9-4-2-5-10-18)28-24(32)21-15-31(16-27-21)23-20(13-8-14-26-23)25-29-22(30-33-25)19-11-6-3-7-12-19/h2-17H,1H3,(H,28,32)/t17-/m1/s1. The highest BCUT2D eigenvalue weighted by molar-refractivity contribution is 5.92. The fourth-order valence-corrected chi connectivity index (χ4v) is 3.46. The van der Waals surface area contributed by atoms with Gasteiger partial charge in [-0.2, -0.15) is 4.98 Å². The third-order valence-corrected chi connectivity index (χ3v) is 5.18. The number of benzene rings is 2. The lowest BCUT2D eigenvalue weighted by atomic mass is 10.1. The molecule has 1 amide bonds. The van der Waals surface area contributed by atoms with Crippen LogP contribution in [0.1, 0.15) is 29.0 Å². The average Bonchev–Trinajstić information content (AvgIpc) is 3.56. The third-order valence-electron chi connectivity index (χ3n) is 5.18. The smallest absolute Gasteiger partial charge is 0.271 e. The number of hydrogen-bond donors (Lipinski definition) is 1. The molecule has 1 N–H and O–H groups in total. The van der Waals surface area contributed by atoms with Crippen molar-refractivity contribution in [3.63, 3.8) is 0 Å². The van der Waals surface area contributed by atoms with Gasteiger partial charge in [-0.15, -0.1) is 0 Å². The van der Waals surface area contributed by atoms with E-state index in [9.17, 15) is 4.79 Å². The maximum Gasteiger partial charge on any atom is 0.271 e. The van der Waals surface area contributed by atoms with Crippen LogP contribution in [-0.4, -0.2) is 30.6 Å². The second kappa shape index (κ2) is 8.88. The van der Waals surface area contributed by atoms with Crippen LogP contribution in [0.15, 0.2) is 96.0 Å². The molecule has 3 heterocycles. The zero-order valence-corrected chi connectivity index (χ0v) is 17.8. The van der Waals surface area contributed by atoms with Gasteiger partial charge in [-0.3, -0.25) is 9.36 Å². The Hall–Kier alpha value is -4.59. The molecule has 0 aliphatic heterocycles. The summed E-state index contributed by atoms with van der Waals surface area (Å²) >= 11 is 0. The van der Waals surface area contributed by atoms with Crippen LogP contribution < -0.4 is 5.32 Å². The summed E-state index contributed by atoms with van der Waals surface area (Å²) in [6.45, 7) is 1.93. The van der Waals surface area contributed by atoms with E-state index in [4.69, 9.17) is 4.52 Å². The van der Waals surface area contributed by atoms with Crippen molar-refractivity contribution in [1.82, 2.24) is 30.0 Å². The van der Waals surface area contributed by atoms with E-state index >= 15 is 0 Å². The molecule has 0 saturated carbocycles. The Balaban J connectivity index is 1.40. The van der Waals surface area contributed by atoms with E-state index in [-0.39, 0.29) is 17.6 Å². The third kappa shape index (κ3) is 4.27. The average molecular weight is 436 g/mol. The summed E-state index contributed by atoms with van der Waals surface area (Å²) in [5.41, 5.74) is 2.79. The van der Waals surface area contributed by atoms with E-state index in [1.807, 2.05) is 73.7 Å². The maximum absolute atomic E-state index is 12.7. The summed E-state index contributed by atoms with van der Waals surface area (Å²) in [5.74, 6) is 1.07. The number of rotatable bonds is 6. The zero-order valence-electron chi connectivity index (χ0n) is 17.8. The molecule has 0 aliphatic rings. The van der Waals surface area contributed by atoms with E-state index in [0.717, 1.165) is 11.1 Å². The van der Waals surface area contributed by atoms with Gasteiger partial charge in [-0.05, 0) is 24.6 Å². The summed E-state index contributed by atoms with van der Waals surface area (Å²) in [6, 6.07) is 22.8. The van der Waals surface area contributed by atoms with Crippen molar-refractivity contribution in [2.75, 3.05) is 0 Å². The number of carbonyl (C=O) groups is 1. The van der Waals surface area contributed by atoms with Gasteiger partial charge in [0.15, 0.2) is 5.82 Å². The van der Waals surface area contributed by atoms with Crippen LogP contribution in [-0.2, 0) is 0 Å². The first-order chi connectivity index (χ1) is 16.2. The van der Waals surface area contributed by atoms with Crippen LogP contribution in [0.2, 0.25) is 0 Å². The van der Waals surface area contributed by atoms with Crippen molar-refractivity contribution in [2.24, 2.45) is 0 Å². The Morgan fingerprint density at radius 2 is 1.73 bits per heavy atom. The lowest BCUT2D eigenvalue weighted by Gasteiger charge is -2.13. The molecule has 0 radical (unpaired) electrons. The van der Waals surface area contributed by atoms with Gasteiger partial charge in [-0.1, -0.05) is 65.8 Å². The normalized spacial score (nSPS) is 11.8. The molecule has 1 atom stereocenters. The molecule has 5 rings (SSSR count). The topological polar surface area (TPSA) is 98.7 Å². The number of hydrogen-bond acceptors (Lipinski definition) is 6. The van der Waals surface area contributed by atoms with Crippen LogP contribution in [0.3, 0.4) is 0 Å². The van der Waals surface area contributed by atoms with Crippen LogP contribution in [0.5, 0.6) is 0 Å². The van der Waals surface area contributed by atoms with Gasteiger partial charge in [0.1, 0.15) is 12.0 Å². The van der Waals surface area contributed by atoms with E-state index in [1.54, 1.807) is 29.4 Å². The van der Waals surface area contributed by atoms with Gasteiger partial charge < -0.3 is 9.84 Å². The Morgan fingerprint density at radius 3 is 2.52 bits per heavy atom. The molecule has 33 heavy (non-hydrogen) atoms. The molecule has 0 spiro atoms. The minimum Gasteiger partial charge on any atom is -0.344 e. The number of amides is 1. The molecule has 0 saturated heterocycles. The van der Waals surface area contributed by atoms with E-state index in [2.05, 4.69) is 25.4 Å². The quantitative estimate of drug-likeness (QED) is 0.422. The first kappa shape index (κ1) is 20.3. The van der Waals surface area contributed by atoms with Gasteiger partial charge in [0, 0.05) is 18.0 Å². The van der Waals surface area contributed by atoms with Crippen LogP contribution in [0, 0.1) is 0 Å². The largest absolute Gasteiger partial charge is 0.344 e. The molecule has 8 heteroatoms. The first-order valence-electron chi connectivity index (χ1n) is 10.4. The molecule has 0 fully saturated rings. The summed E-state index contributed by atoms with van der Waals surface area (Å²) in [4.78, 5) is 26.0. The summed E-state index contributed by atoms with van der Waals surface area (Å²) < 4.78 is 7.18. The van der Waals surface area contributed by atoms with Crippen LogP contribution in [0.25, 0.3) is 28.7 Å². The fourth-order valence-electron chi connectivity index (χ4n) is 3.46. The molecule has 0 bridgehead atoms. The lowest BCUT2D eigenvalue weighted by molar-refractivity contribution is 0.0935. The number of aromatic nitrogens is 5. The molecular formula is C25H20N6O2. The highest BCUT2D eigenvalue weighted by Crippen LogP contribution is 2.26. The van der Waals surface area contributed by atoms with Gasteiger partial charge in [-0.25, -0.2) is 9.97 Å². The molecule has 3 aromatic heterocycles. The number of carbonyl (C=O) groups excluding carboxylic acids is 1. The molecule has 0 unspecified atom stereocenters. The van der Waals surface area contributed by atoms with Gasteiger partial charge in [0.25, 0.3) is 11.8 Å². The monoisotopic (exact) mass is 436 g/mol. The number of imidazole rings is 1. The van der Waals surface area contributed by atoms with E-state index in [0.29, 0.717) is 23.1 Å². The van der Waals surface area contributed by atoms with Gasteiger partial charge >= 0.3 is 0 Å². The summed E-state index contributed by atoms with van der Waals surface area (Å²) in [7, 11) is 0. The van der Waals surface area contributed by atoms with E-state index < -0.39 is 0 Å². The second-order valence-corrected chi connectivity index (χ2v) is 7.44. The Bertz CT molecular complexity index is 1380. The summed E-state index contributed by atoms with van der Waals surface area (Å²) in [6.07, 6.45) is 4.83. The SMILES string of the molecule is C[C@@H](NC(=O)c1cn(-c2ncccc2-c2nc(-c3ccccc3)no2)cn1)c1ccccc1. The lowest BCUT2D eigenvalue weighted by Crippen LogP contribution is -2.26. The highest BCUT2D eigenvalue weighted by atomic mass is 16.5. The highest BCUT2D eigenvalue weighted by Gasteiger charge is 2.19. The fraction of sp³-hybridized carbons (Fsp3) is 0.0800. The maximum atomic E-state index is 12.7. The summed E-state index contributed by atoms with van der Waals surface area (Å²) in [5, 5.41) is 7.06. The Kier molecular flexibility index (Phi) is 5.47. The number of nitrogens with one attached hydrogen (secondary N) is 1. The van der Waals surface area contributed by atoms with Crippen molar-refractivity contribution in [2.45, 2.75) is 13.0 Å². The molecule has 162 valence electrons. The molecular weight excluding hydrogens is 416 g/mol. The van der Waals surface area contributed by atoms with Crippen molar-refractivity contribution < 1.29 is 9.32 Å². The predicted molar refractivity (Wildman–Crippen MR) is 122 cm³/mol. The van der Waals surface area contributed by atoms with Gasteiger partial charge in [0.2, 0.25) is 5.82 Å². The molecule has 0 aliphatic carbocycles. The first-order valence-corrected chi connectivity index (χ1v) is 10.4. The van der Waals surface area contributed by atoms with Crippen molar-refractivity contribution in [1.29, 1.82) is 0 Å². The van der Waals surface area contributed by atoms with Crippen molar-refractivity contribution >= 4 is 5.91 Å². The van der Waals surface area contributed by atoms with Crippen molar-refractivity contribution in [3.05, 3.63) is 103 Å². The van der Waals surface area contributed by atoms with Crippen molar-refractivity contribution in [3.8, 4) is 28.7 Å². The number of pyridine rings is 1. The predicted octanol–water partition coefficient (Wildman–Crippen LogP) is 4.48. The van der Waals surface area contributed by atoms with E-state index in [1.165, 1.54) is 0 Å². The number of nitrogens with zero attached hydrogens (tertiary/aromatic N) is 5. The molecule has 8 nitrogen and oxygen atoms in total. The zero-order chi connectivity index (χ0) is 22.6. The molecule has 2 aromatic carbocycles. The minimum absolute atomic E-state index is 0.149. The Morgan fingerprint density at radius 1 is 0.970 bits per heavy atom. The minimum atomic E-state index is -0.272. The Labute approximate surface area is 190 Å². The molecule has 5 aromatic rings. The van der Waals surface area contributed by atoms with Crippen LogP contribution in [0.4, 0.5) is 0 Å². The second-order valence-electron chi connectivity index (χ2n) is 7.44. The van der Waals surface area contributed by atoms with Crippen LogP contribution >= 0.6 is 0 Å².